The van der Waals surface area contributed by atoms with Crippen molar-refractivity contribution in [3.8, 4) is 11.8 Å². The molecule has 0 aliphatic rings. The second kappa shape index (κ2) is 6.65. The van der Waals surface area contributed by atoms with E-state index in [-0.39, 0.29) is 11.7 Å². The number of carbonyl (C=O) groups is 1. The fraction of sp³-hybridized carbons (Fsp3) is 0.267. The first-order valence-corrected chi connectivity index (χ1v) is 6.52. The average Bonchev–Trinajstić information content (AvgIpc) is 2.47. The molecule has 1 aromatic heterocycles. The van der Waals surface area contributed by atoms with Gasteiger partial charge in [-0.25, -0.2) is 9.78 Å². The van der Waals surface area contributed by atoms with Gasteiger partial charge in [0.05, 0.1) is 0 Å². The summed E-state index contributed by atoms with van der Waals surface area (Å²) in [7, 11) is 0. The molecule has 5 nitrogen and oxygen atoms in total. The summed E-state index contributed by atoms with van der Waals surface area (Å²) in [6, 6.07) is 9.01. The third-order valence-electron chi connectivity index (χ3n) is 2.80. The third kappa shape index (κ3) is 3.78. The van der Waals surface area contributed by atoms with Gasteiger partial charge in [-0.15, -0.1) is 0 Å². The van der Waals surface area contributed by atoms with Gasteiger partial charge in [0.15, 0.2) is 5.69 Å². The summed E-state index contributed by atoms with van der Waals surface area (Å²) < 4.78 is 5.44. The third-order valence-corrected chi connectivity index (χ3v) is 2.80. The number of carboxylic acid groups (broad SMARTS) is 1. The van der Waals surface area contributed by atoms with Crippen LogP contribution in [0.25, 0.3) is 0 Å². The number of ether oxygens (including phenoxy) is 1. The van der Waals surface area contributed by atoms with Crippen molar-refractivity contribution < 1.29 is 14.6 Å². The molecule has 0 atom stereocenters. The molecule has 20 heavy (non-hydrogen) atoms. The van der Waals surface area contributed by atoms with Gasteiger partial charge in [0.1, 0.15) is 5.75 Å². The topological polar surface area (TPSA) is 72.3 Å². The van der Waals surface area contributed by atoms with E-state index in [2.05, 4.69) is 16.9 Å². The minimum Gasteiger partial charge on any atom is -0.477 e. The molecule has 0 amide bonds. The quantitative estimate of drug-likeness (QED) is 0.873. The minimum absolute atomic E-state index is 0.0335. The van der Waals surface area contributed by atoms with Gasteiger partial charge in [0.2, 0.25) is 0 Å². The van der Waals surface area contributed by atoms with Crippen molar-refractivity contribution in [2.45, 2.75) is 26.2 Å². The highest BCUT2D eigenvalue weighted by molar-refractivity contribution is 5.85. The summed E-state index contributed by atoms with van der Waals surface area (Å²) >= 11 is 0. The monoisotopic (exact) mass is 272 g/mol. The number of aromatic carboxylic acids is 1. The summed E-state index contributed by atoms with van der Waals surface area (Å²) in [6.07, 6.45) is 4.72. The molecule has 0 saturated heterocycles. The smallest absolute Gasteiger partial charge is 0.354 e. The predicted octanol–water partition coefficient (Wildman–Crippen LogP) is 3.31. The zero-order chi connectivity index (χ0) is 14.4. The molecule has 5 heteroatoms. The maximum Gasteiger partial charge on any atom is 0.354 e. The van der Waals surface area contributed by atoms with Crippen LogP contribution in [-0.2, 0) is 6.42 Å². The fourth-order valence-electron chi connectivity index (χ4n) is 1.72. The lowest BCUT2D eigenvalue weighted by atomic mass is 10.1. The van der Waals surface area contributed by atoms with Crippen molar-refractivity contribution in [1.82, 2.24) is 9.97 Å². The standard InChI is InChI=1S/C15H16N2O3/c1-2-3-4-11-5-7-12(8-6-11)20-15-16-10-9-13(17-15)14(18)19/h5-10H,2-4H2,1H3,(H,18,19). The van der Waals surface area contributed by atoms with Crippen molar-refractivity contribution in [3.05, 3.63) is 47.8 Å². The van der Waals surface area contributed by atoms with Crippen LogP contribution in [0.1, 0.15) is 35.8 Å². The van der Waals surface area contributed by atoms with E-state index >= 15 is 0 Å². The highest BCUT2D eigenvalue weighted by Gasteiger charge is 2.07. The maximum absolute atomic E-state index is 10.8. The molecule has 1 N–H and O–H groups in total. The van der Waals surface area contributed by atoms with Gasteiger partial charge in [-0.3, -0.25) is 0 Å². The lowest BCUT2D eigenvalue weighted by Crippen LogP contribution is -2.02. The molecule has 0 radical (unpaired) electrons. The zero-order valence-electron chi connectivity index (χ0n) is 11.2. The Morgan fingerprint density at radius 1 is 1.25 bits per heavy atom. The van der Waals surface area contributed by atoms with E-state index in [4.69, 9.17) is 9.84 Å². The van der Waals surface area contributed by atoms with Crippen molar-refractivity contribution in [3.63, 3.8) is 0 Å². The van der Waals surface area contributed by atoms with Gasteiger partial charge >= 0.3 is 12.0 Å². The van der Waals surface area contributed by atoms with Gasteiger partial charge in [0, 0.05) is 6.20 Å². The molecule has 0 bridgehead atoms. The van der Waals surface area contributed by atoms with Crippen LogP contribution in [0.5, 0.6) is 11.8 Å². The minimum atomic E-state index is -1.10. The van der Waals surface area contributed by atoms with E-state index < -0.39 is 5.97 Å². The first-order chi connectivity index (χ1) is 9.69. The van der Waals surface area contributed by atoms with Crippen LogP contribution in [0.4, 0.5) is 0 Å². The second-order valence-corrected chi connectivity index (χ2v) is 4.38. The van der Waals surface area contributed by atoms with E-state index in [1.807, 2.05) is 24.3 Å². The lowest BCUT2D eigenvalue weighted by Gasteiger charge is -2.05. The van der Waals surface area contributed by atoms with Crippen molar-refractivity contribution in [1.29, 1.82) is 0 Å². The normalized spacial score (nSPS) is 10.2. The van der Waals surface area contributed by atoms with Crippen molar-refractivity contribution in [2.24, 2.45) is 0 Å². The highest BCUT2D eigenvalue weighted by atomic mass is 16.5. The van der Waals surface area contributed by atoms with Gasteiger partial charge in [0.25, 0.3) is 0 Å². The number of unbranched alkanes of at least 4 members (excludes halogenated alkanes) is 1. The zero-order valence-corrected chi connectivity index (χ0v) is 11.2. The number of benzene rings is 1. The first kappa shape index (κ1) is 14.0. The van der Waals surface area contributed by atoms with Gasteiger partial charge in [-0.2, -0.15) is 4.98 Å². The summed E-state index contributed by atoms with van der Waals surface area (Å²) in [5.74, 6) is -0.514. The van der Waals surface area contributed by atoms with E-state index in [1.54, 1.807) is 0 Å². The Balaban J connectivity index is 2.06. The SMILES string of the molecule is CCCCc1ccc(Oc2nccc(C(=O)O)n2)cc1. The van der Waals surface area contributed by atoms with Crippen LogP contribution >= 0.6 is 0 Å². The molecule has 0 fully saturated rings. The number of carboxylic acids is 1. The lowest BCUT2D eigenvalue weighted by molar-refractivity contribution is 0.0689. The largest absolute Gasteiger partial charge is 0.477 e. The molecule has 0 spiro atoms. The molecule has 0 aliphatic carbocycles. The van der Waals surface area contributed by atoms with Crippen LogP contribution in [0.15, 0.2) is 36.5 Å². The molecular weight excluding hydrogens is 256 g/mol. The van der Waals surface area contributed by atoms with E-state index in [9.17, 15) is 4.79 Å². The summed E-state index contributed by atoms with van der Waals surface area (Å²) in [4.78, 5) is 18.5. The number of aryl methyl sites for hydroxylation is 1. The molecule has 0 unspecified atom stereocenters. The van der Waals surface area contributed by atoms with Gasteiger partial charge in [-0.05, 0) is 36.6 Å². The Labute approximate surface area is 117 Å². The Morgan fingerprint density at radius 3 is 2.65 bits per heavy atom. The molecule has 0 saturated carbocycles. The molecule has 2 aromatic rings. The van der Waals surface area contributed by atoms with Crippen LogP contribution in [0.3, 0.4) is 0 Å². The van der Waals surface area contributed by atoms with E-state index in [1.165, 1.54) is 17.8 Å². The Hall–Kier alpha value is -2.43. The van der Waals surface area contributed by atoms with Crippen molar-refractivity contribution >= 4 is 5.97 Å². The fourth-order valence-corrected chi connectivity index (χ4v) is 1.72. The maximum atomic E-state index is 10.8. The molecule has 0 aliphatic heterocycles. The highest BCUT2D eigenvalue weighted by Crippen LogP contribution is 2.19. The van der Waals surface area contributed by atoms with E-state index in [0.29, 0.717) is 5.75 Å². The van der Waals surface area contributed by atoms with Crippen LogP contribution in [-0.4, -0.2) is 21.0 Å². The second-order valence-electron chi connectivity index (χ2n) is 4.38. The Morgan fingerprint density at radius 2 is 2.00 bits per heavy atom. The van der Waals surface area contributed by atoms with Crippen LogP contribution < -0.4 is 4.74 Å². The van der Waals surface area contributed by atoms with Crippen LogP contribution in [0.2, 0.25) is 0 Å². The molecular formula is C15H16N2O3. The molecule has 104 valence electrons. The van der Waals surface area contributed by atoms with E-state index in [0.717, 1.165) is 19.3 Å². The number of rotatable bonds is 6. The molecule has 1 heterocycles. The molecule has 1 aromatic carbocycles. The first-order valence-electron chi connectivity index (χ1n) is 6.52. The number of hydrogen-bond acceptors (Lipinski definition) is 4. The van der Waals surface area contributed by atoms with Crippen LogP contribution in [0, 0.1) is 0 Å². The summed E-state index contributed by atoms with van der Waals surface area (Å²) in [6.45, 7) is 2.16. The summed E-state index contributed by atoms with van der Waals surface area (Å²) in [5.41, 5.74) is 1.16. The molecule has 2 rings (SSSR count). The Kier molecular flexibility index (Phi) is 4.65. The van der Waals surface area contributed by atoms with Gasteiger partial charge < -0.3 is 9.84 Å². The van der Waals surface area contributed by atoms with Gasteiger partial charge in [-0.1, -0.05) is 25.5 Å². The number of aromatic nitrogens is 2. The average molecular weight is 272 g/mol. The summed E-state index contributed by atoms with van der Waals surface area (Å²) in [5, 5.41) is 8.85. The number of nitrogens with zero attached hydrogens (tertiary/aromatic N) is 2. The number of hydrogen-bond donors (Lipinski definition) is 1. The Bertz CT molecular complexity index is 582. The predicted molar refractivity (Wildman–Crippen MR) is 74.1 cm³/mol. The van der Waals surface area contributed by atoms with Crippen molar-refractivity contribution in [2.75, 3.05) is 0 Å².